The molecule has 1 atom stereocenters. The number of rotatable bonds is 8. The van der Waals surface area contributed by atoms with Gasteiger partial charge in [-0.2, -0.15) is 0 Å². The largest absolute Gasteiger partial charge is 0.497 e. The molecule has 2 amide bonds. The van der Waals surface area contributed by atoms with E-state index in [4.69, 9.17) is 9.15 Å². The second kappa shape index (κ2) is 10.6. The minimum atomic E-state index is -1.00. The molecule has 9 nitrogen and oxygen atoms in total. The van der Waals surface area contributed by atoms with Crippen LogP contribution >= 0.6 is 0 Å². The number of anilines is 1. The van der Waals surface area contributed by atoms with Gasteiger partial charge in [0.1, 0.15) is 23.6 Å². The van der Waals surface area contributed by atoms with Crippen molar-refractivity contribution in [2.75, 3.05) is 12.0 Å². The zero-order valence-electron chi connectivity index (χ0n) is 20.2. The molecule has 5 rings (SSSR count). The second-order valence-corrected chi connectivity index (χ2v) is 8.96. The molecule has 0 saturated heterocycles. The number of carbonyl (C=O) groups excluding carboxylic acids is 2. The maximum absolute atomic E-state index is 14.0. The molecule has 2 heterocycles. The van der Waals surface area contributed by atoms with Gasteiger partial charge in [-0.05, 0) is 49.2 Å². The number of hydrogen-bond acceptors (Lipinski definition) is 6. The highest BCUT2D eigenvalue weighted by molar-refractivity contribution is 6.01. The minimum absolute atomic E-state index is 0.0743. The summed E-state index contributed by atoms with van der Waals surface area (Å²) >= 11 is 0. The number of nitrogens with one attached hydrogen (secondary N) is 1. The Bertz CT molecular complexity index is 1330. The number of benzene rings is 2. The van der Waals surface area contributed by atoms with E-state index in [1.807, 2.05) is 24.3 Å². The number of fused-ring (bicyclic) bond motifs is 1. The van der Waals surface area contributed by atoms with E-state index in [1.54, 1.807) is 48.2 Å². The molecule has 0 radical (unpaired) electrons. The highest BCUT2D eigenvalue weighted by Crippen LogP contribution is 2.32. The molecule has 0 aliphatic heterocycles. The molecule has 0 bridgehead atoms. The van der Waals surface area contributed by atoms with Crippen LogP contribution in [0.1, 0.15) is 43.9 Å². The fraction of sp³-hybridized carbons (Fsp3) is 0.333. The molecule has 9 heteroatoms. The molecule has 1 aliphatic rings. The van der Waals surface area contributed by atoms with Crippen LogP contribution in [-0.2, 0) is 16.1 Å². The molecule has 1 N–H and O–H groups in total. The standard InChI is InChI=1S/C27H29N5O4/c1-35-21-12-7-11-20(17-21)32(25(33)18-31-23-14-6-5-13-22(23)29-30-31)26(24-15-8-16-36-24)27(34)28-19-9-3-2-4-10-19/h5-8,11-17,19,26H,2-4,9-10,18H2,1H3,(H,28,34). The van der Waals surface area contributed by atoms with E-state index in [0.717, 1.165) is 31.2 Å². The number of methoxy groups -OCH3 is 1. The van der Waals surface area contributed by atoms with Crippen molar-refractivity contribution in [3.63, 3.8) is 0 Å². The third-order valence-corrected chi connectivity index (χ3v) is 6.58. The Morgan fingerprint density at radius 3 is 2.72 bits per heavy atom. The number of ether oxygens (including phenoxy) is 1. The first-order valence-corrected chi connectivity index (χ1v) is 12.2. The summed E-state index contributed by atoms with van der Waals surface area (Å²) in [6.45, 7) is -0.106. The summed E-state index contributed by atoms with van der Waals surface area (Å²) in [5.74, 6) is 0.334. The van der Waals surface area contributed by atoms with Gasteiger partial charge in [0.05, 0.1) is 18.9 Å². The van der Waals surface area contributed by atoms with Crippen molar-refractivity contribution >= 4 is 28.5 Å². The predicted octanol–water partition coefficient (Wildman–Crippen LogP) is 4.26. The Morgan fingerprint density at radius 1 is 1.11 bits per heavy atom. The van der Waals surface area contributed by atoms with E-state index >= 15 is 0 Å². The van der Waals surface area contributed by atoms with Gasteiger partial charge in [0.2, 0.25) is 5.91 Å². The van der Waals surface area contributed by atoms with Crippen molar-refractivity contribution in [3.8, 4) is 5.75 Å². The third kappa shape index (κ3) is 4.95. The van der Waals surface area contributed by atoms with Crippen LogP contribution in [0.4, 0.5) is 5.69 Å². The van der Waals surface area contributed by atoms with E-state index in [1.165, 1.54) is 17.6 Å². The fourth-order valence-electron chi connectivity index (χ4n) is 4.78. The molecule has 1 saturated carbocycles. The first kappa shape index (κ1) is 23.6. The molecule has 1 fully saturated rings. The Morgan fingerprint density at radius 2 is 1.94 bits per heavy atom. The van der Waals surface area contributed by atoms with Gasteiger partial charge in [0, 0.05) is 17.8 Å². The van der Waals surface area contributed by atoms with Gasteiger partial charge in [0.25, 0.3) is 5.91 Å². The van der Waals surface area contributed by atoms with Gasteiger partial charge >= 0.3 is 0 Å². The maximum Gasteiger partial charge on any atom is 0.251 e. The number of hydrogen-bond donors (Lipinski definition) is 1. The van der Waals surface area contributed by atoms with Gasteiger partial charge in [-0.3, -0.25) is 14.5 Å². The highest BCUT2D eigenvalue weighted by Gasteiger charge is 2.36. The quantitative estimate of drug-likeness (QED) is 0.399. The summed E-state index contributed by atoms with van der Waals surface area (Å²) in [6, 6.07) is 17.0. The smallest absolute Gasteiger partial charge is 0.251 e. The summed E-state index contributed by atoms with van der Waals surface area (Å²) in [6.07, 6.45) is 6.69. The number of nitrogens with zero attached hydrogens (tertiary/aromatic N) is 4. The lowest BCUT2D eigenvalue weighted by Crippen LogP contribution is -2.48. The normalized spacial score (nSPS) is 14.9. The van der Waals surface area contributed by atoms with E-state index < -0.39 is 6.04 Å². The first-order valence-electron chi connectivity index (χ1n) is 12.2. The van der Waals surface area contributed by atoms with E-state index in [-0.39, 0.29) is 24.4 Å². The van der Waals surface area contributed by atoms with Crippen molar-refractivity contribution in [1.29, 1.82) is 0 Å². The molecular formula is C27H29N5O4. The number of furan rings is 1. The van der Waals surface area contributed by atoms with Crippen LogP contribution in [0.3, 0.4) is 0 Å². The number of amides is 2. The average Bonchev–Trinajstić information content (AvgIpc) is 3.58. The van der Waals surface area contributed by atoms with Crippen LogP contribution in [0.2, 0.25) is 0 Å². The lowest BCUT2D eigenvalue weighted by molar-refractivity contribution is -0.128. The zero-order chi connectivity index (χ0) is 24.9. The summed E-state index contributed by atoms with van der Waals surface area (Å²) in [5, 5.41) is 11.5. The van der Waals surface area contributed by atoms with Gasteiger partial charge in [-0.15, -0.1) is 5.10 Å². The Labute approximate surface area is 209 Å². The highest BCUT2D eigenvalue weighted by atomic mass is 16.5. The van der Waals surface area contributed by atoms with Crippen LogP contribution in [0.25, 0.3) is 11.0 Å². The lowest BCUT2D eigenvalue weighted by atomic mass is 9.95. The predicted molar refractivity (Wildman–Crippen MR) is 134 cm³/mol. The molecule has 4 aromatic rings. The van der Waals surface area contributed by atoms with Crippen LogP contribution in [0.15, 0.2) is 71.3 Å². The average molecular weight is 488 g/mol. The van der Waals surface area contributed by atoms with Crippen LogP contribution in [0, 0.1) is 0 Å². The molecule has 0 spiro atoms. The monoisotopic (exact) mass is 487 g/mol. The Hall–Kier alpha value is -4.14. The van der Waals surface area contributed by atoms with Crippen LogP contribution in [0.5, 0.6) is 5.75 Å². The fourth-order valence-corrected chi connectivity index (χ4v) is 4.78. The molecule has 186 valence electrons. The molecule has 2 aromatic carbocycles. The minimum Gasteiger partial charge on any atom is -0.497 e. The SMILES string of the molecule is COc1cccc(N(C(=O)Cn2nnc3ccccc32)C(C(=O)NC2CCCCC2)c2ccco2)c1. The number of carbonyl (C=O) groups is 2. The van der Waals surface area contributed by atoms with E-state index in [2.05, 4.69) is 15.6 Å². The van der Waals surface area contributed by atoms with Gasteiger partial charge in [0.15, 0.2) is 6.04 Å². The topological polar surface area (TPSA) is 102 Å². The maximum atomic E-state index is 14.0. The molecular weight excluding hydrogens is 458 g/mol. The Kier molecular flexibility index (Phi) is 6.97. The van der Waals surface area contributed by atoms with E-state index in [9.17, 15) is 9.59 Å². The van der Waals surface area contributed by atoms with Crippen molar-refractivity contribution in [2.45, 2.75) is 50.7 Å². The zero-order valence-corrected chi connectivity index (χ0v) is 20.2. The number of para-hydroxylation sites is 1. The number of aromatic nitrogens is 3. The summed E-state index contributed by atoms with van der Waals surface area (Å²) < 4.78 is 12.7. The van der Waals surface area contributed by atoms with Gasteiger partial charge in [-0.25, -0.2) is 4.68 Å². The first-order chi connectivity index (χ1) is 17.6. The molecule has 1 unspecified atom stereocenters. The van der Waals surface area contributed by atoms with Crippen LogP contribution in [-0.4, -0.2) is 40.0 Å². The van der Waals surface area contributed by atoms with Gasteiger partial charge < -0.3 is 14.5 Å². The van der Waals surface area contributed by atoms with Crippen LogP contribution < -0.4 is 15.0 Å². The lowest BCUT2D eigenvalue weighted by Gasteiger charge is -2.32. The Balaban J connectivity index is 1.53. The van der Waals surface area contributed by atoms with E-state index in [0.29, 0.717) is 22.7 Å². The molecule has 36 heavy (non-hydrogen) atoms. The molecule has 2 aromatic heterocycles. The van der Waals surface area contributed by atoms with Gasteiger partial charge in [-0.1, -0.05) is 42.7 Å². The molecule has 1 aliphatic carbocycles. The van der Waals surface area contributed by atoms with Crippen molar-refractivity contribution in [3.05, 3.63) is 72.7 Å². The van der Waals surface area contributed by atoms with Crippen molar-refractivity contribution in [1.82, 2.24) is 20.3 Å². The van der Waals surface area contributed by atoms with Crippen molar-refractivity contribution in [2.24, 2.45) is 0 Å². The van der Waals surface area contributed by atoms with Crippen molar-refractivity contribution < 1.29 is 18.7 Å². The third-order valence-electron chi connectivity index (χ3n) is 6.58. The summed E-state index contributed by atoms with van der Waals surface area (Å²) in [7, 11) is 1.56. The summed E-state index contributed by atoms with van der Waals surface area (Å²) in [4.78, 5) is 29.2. The second-order valence-electron chi connectivity index (χ2n) is 8.96. The summed E-state index contributed by atoms with van der Waals surface area (Å²) in [5.41, 5.74) is 1.94.